The van der Waals surface area contributed by atoms with Crippen molar-refractivity contribution in [1.29, 1.82) is 0 Å². The van der Waals surface area contributed by atoms with E-state index in [1.54, 1.807) is 88.4 Å². The molecule has 10 amide bonds. The number of benzene rings is 2. The number of cyclic esters (lactones) is 1. The van der Waals surface area contributed by atoms with Crippen LogP contribution < -0.4 is 48.3 Å². The van der Waals surface area contributed by atoms with Gasteiger partial charge in [-0.3, -0.25) is 52.7 Å². The molecule has 11 atom stereocenters. The largest absolute Gasteiger partial charge is 0.481 e. The highest BCUT2D eigenvalue weighted by molar-refractivity contribution is 5.99. The van der Waals surface area contributed by atoms with Gasteiger partial charge in [-0.2, -0.15) is 0 Å². The SMILES string of the molecule is CC(C)CCCCC[C@@H]1CC(=O)N[C@H](CC(=O)O)C(=O)N[C@H](Cc2ccccc2)C(=O)N[C@@H](CO)C(=O)N[C@H](C(C)C)C(=O)N2CCC[C@H]2C(=O)N[C@@H](CO)C(=O)N[C@H](CC(C)C)C(=O)N[C@@H](Cc2ccccc2)C(=O)N[C@@H](CCCCN)C(=O)N2CCC[C@H]2C(=O)O1. The number of hydrogen-bond donors (Lipinski definition) is 12. The lowest BCUT2D eigenvalue weighted by atomic mass is 10.00. The Morgan fingerprint density at radius 1 is 0.527 bits per heavy atom. The van der Waals surface area contributed by atoms with Gasteiger partial charge in [0.25, 0.3) is 0 Å². The molecule has 2 aromatic rings. The Morgan fingerprint density at radius 3 is 1.53 bits per heavy atom. The highest BCUT2D eigenvalue weighted by atomic mass is 16.5. The predicted octanol–water partition coefficient (Wildman–Crippen LogP) is 0.545. The average Bonchev–Trinajstić information content (AvgIpc) is 1.80. The van der Waals surface area contributed by atoms with Crippen LogP contribution in [-0.4, -0.2) is 196 Å². The number of nitrogens with zero attached hydrogens (tertiary/aromatic N) is 2. The van der Waals surface area contributed by atoms with Gasteiger partial charge < -0.3 is 78.1 Å². The van der Waals surface area contributed by atoms with E-state index in [0.29, 0.717) is 55.6 Å². The molecule has 0 spiro atoms. The fraction of sp³-hybridized carbons (Fsp3) is 0.636. The van der Waals surface area contributed by atoms with E-state index < -0.39 is 170 Å². The van der Waals surface area contributed by atoms with Crippen molar-refractivity contribution in [1.82, 2.24) is 52.3 Å². The molecule has 0 aliphatic carbocycles. The quantitative estimate of drug-likeness (QED) is 0.0600. The van der Waals surface area contributed by atoms with Crippen molar-refractivity contribution in [2.75, 3.05) is 32.8 Å². The van der Waals surface area contributed by atoms with E-state index >= 15 is 0 Å². The number of aliphatic hydroxyl groups is 2. The highest BCUT2D eigenvalue weighted by Gasteiger charge is 2.43. The molecule has 3 heterocycles. The highest BCUT2D eigenvalue weighted by Crippen LogP contribution is 2.25. The lowest BCUT2D eigenvalue weighted by Gasteiger charge is -2.32. The van der Waals surface area contributed by atoms with Crippen LogP contribution in [0.2, 0.25) is 0 Å². The molecule has 0 radical (unpaired) electrons. The van der Waals surface area contributed by atoms with Gasteiger partial charge in [-0.25, -0.2) is 4.79 Å². The number of rotatable bonds is 21. The van der Waals surface area contributed by atoms with Crippen molar-refractivity contribution < 1.29 is 77.6 Å². The first kappa shape index (κ1) is 75.7. The normalized spacial score (nSPS) is 26.0. The second-order valence-electron chi connectivity index (χ2n) is 25.6. The number of hydrogen-bond acceptors (Lipinski definition) is 16. The zero-order valence-corrected chi connectivity index (χ0v) is 54.5. The summed E-state index contributed by atoms with van der Waals surface area (Å²) in [4.78, 5) is 173. The molecular weight excluding hydrogens is 1200 g/mol. The molecule has 3 fully saturated rings. The van der Waals surface area contributed by atoms with E-state index in [1.807, 2.05) is 0 Å². The molecule has 27 nitrogen and oxygen atoms in total. The molecule has 3 aliphatic rings. The smallest absolute Gasteiger partial charge is 0.329 e. The topological polar surface area (TPSA) is 403 Å². The summed E-state index contributed by atoms with van der Waals surface area (Å²) in [7, 11) is 0. The minimum atomic E-state index is -1.82. The van der Waals surface area contributed by atoms with Crippen LogP contribution in [0.4, 0.5) is 0 Å². The molecule has 0 unspecified atom stereocenters. The van der Waals surface area contributed by atoms with Crippen LogP contribution in [0.5, 0.6) is 0 Å². The van der Waals surface area contributed by atoms with E-state index in [2.05, 4.69) is 56.4 Å². The van der Waals surface area contributed by atoms with Gasteiger partial charge in [-0.05, 0) is 99.6 Å². The second-order valence-corrected chi connectivity index (χ2v) is 25.6. The number of nitrogens with one attached hydrogen (secondary N) is 8. The maximum absolute atomic E-state index is 14.9. The number of ether oxygens (including phenoxy) is 1. The number of carbonyl (C=O) groups is 12. The van der Waals surface area contributed by atoms with Crippen molar-refractivity contribution >= 4 is 71.0 Å². The van der Waals surface area contributed by atoms with Crippen molar-refractivity contribution in [3.8, 4) is 0 Å². The molecule has 514 valence electrons. The maximum Gasteiger partial charge on any atom is 0.329 e. The first-order chi connectivity index (χ1) is 44.3. The van der Waals surface area contributed by atoms with Gasteiger partial charge in [0.05, 0.1) is 26.1 Å². The van der Waals surface area contributed by atoms with E-state index in [1.165, 1.54) is 9.80 Å². The number of esters is 1. The van der Waals surface area contributed by atoms with Crippen LogP contribution in [-0.2, 0) is 75.1 Å². The lowest BCUT2D eigenvalue weighted by Crippen LogP contribution is -2.62. The van der Waals surface area contributed by atoms with Gasteiger partial charge in [0, 0.05) is 25.9 Å². The van der Waals surface area contributed by atoms with E-state index in [9.17, 15) is 72.9 Å². The molecule has 3 aliphatic heterocycles. The van der Waals surface area contributed by atoms with Gasteiger partial charge >= 0.3 is 11.9 Å². The Kier molecular flexibility index (Phi) is 31.1. The summed E-state index contributed by atoms with van der Waals surface area (Å²) in [6, 6.07) is 2.46. The summed E-state index contributed by atoms with van der Waals surface area (Å²) in [5, 5.41) is 52.0. The van der Waals surface area contributed by atoms with Crippen molar-refractivity contribution in [3.05, 3.63) is 71.8 Å². The zero-order chi connectivity index (χ0) is 68.3. The third-order valence-electron chi connectivity index (χ3n) is 16.8. The van der Waals surface area contributed by atoms with Gasteiger partial charge in [-0.15, -0.1) is 0 Å². The molecule has 0 aromatic heterocycles. The molecule has 93 heavy (non-hydrogen) atoms. The number of carboxylic acid groups (broad SMARTS) is 1. The minimum absolute atomic E-state index is 0.0176. The summed E-state index contributed by atoms with van der Waals surface area (Å²) >= 11 is 0. The van der Waals surface area contributed by atoms with E-state index in [-0.39, 0.29) is 70.5 Å². The van der Waals surface area contributed by atoms with Gasteiger partial charge in [-0.1, -0.05) is 121 Å². The van der Waals surface area contributed by atoms with Crippen LogP contribution in [0, 0.1) is 17.8 Å². The Morgan fingerprint density at radius 2 is 1.00 bits per heavy atom. The van der Waals surface area contributed by atoms with Gasteiger partial charge in [0.15, 0.2) is 0 Å². The molecule has 5 rings (SSSR count). The number of aliphatic carboxylic acids is 1. The number of aliphatic hydroxyl groups excluding tert-OH is 2. The monoisotopic (exact) mass is 1300 g/mol. The number of carboxylic acids is 1. The fourth-order valence-corrected chi connectivity index (χ4v) is 11.7. The Hall–Kier alpha value is -8.04. The van der Waals surface area contributed by atoms with E-state index in [0.717, 1.165) is 12.8 Å². The van der Waals surface area contributed by atoms with Crippen LogP contribution in [0.25, 0.3) is 0 Å². The van der Waals surface area contributed by atoms with Crippen molar-refractivity contribution in [2.24, 2.45) is 23.5 Å². The summed E-state index contributed by atoms with van der Waals surface area (Å²) in [5.41, 5.74) is 7.01. The van der Waals surface area contributed by atoms with Gasteiger partial charge in [0.2, 0.25) is 59.1 Å². The molecule has 13 N–H and O–H groups in total. The Bertz CT molecular complexity index is 2850. The molecular formula is C66H99N11O16. The van der Waals surface area contributed by atoms with Crippen molar-refractivity contribution in [2.45, 2.75) is 217 Å². The lowest BCUT2D eigenvalue weighted by molar-refractivity contribution is -0.160. The summed E-state index contributed by atoms with van der Waals surface area (Å²) in [6.07, 6.45) is 1.89. The van der Waals surface area contributed by atoms with Crippen LogP contribution in [0.3, 0.4) is 0 Å². The molecule has 3 saturated heterocycles. The summed E-state index contributed by atoms with van der Waals surface area (Å²) < 4.78 is 6.11. The molecule has 0 saturated carbocycles. The number of amides is 10. The number of nitrogens with two attached hydrogens (primary N) is 1. The zero-order valence-electron chi connectivity index (χ0n) is 54.5. The molecule has 27 heteroatoms. The number of carbonyl (C=O) groups excluding carboxylic acids is 11. The fourth-order valence-electron chi connectivity index (χ4n) is 11.7. The van der Waals surface area contributed by atoms with E-state index in [4.69, 9.17) is 10.5 Å². The first-order valence-corrected chi connectivity index (χ1v) is 32.8. The third kappa shape index (κ3) is 24.1. The van der Waals surface area contributed by atoms with Gasteiger partial charge in [0.1, 0.15) is 66.5 Å². The number of unbranched alkanes of at least 4 members (excludes halogenated alkanes) is 3. The standard InChI is InChI=1S/C66H99N11O16/c1-39(2)20-10-7-15-25-44-35-54(80)68-49(36-55(81)82)60(86)72-48(34-43-23-13-9-14-24-43)59(85)73-51(38-79)62(88)75-56(41(5)6)65(91)76-30-18-27-52(76)63(89)74-50(37-78)61(87)70-46(32-40(3)4)57(83)71-47(33-42-21-11-8-12-22-42)58(84)69-45(26-16-17-29-67)64(90)77-31-19-28-53(77)66(92)93-44/h8-9,11-14,21-24,39-41,44-53,56,78-79H,7,10,15-20,25-38,67H2,1-6H3,(H,68,80)(H,69,84)(H,70,87)(H,71,83)(H,72,86)(H,73,85)(H,74,89)(H,75,88)(H,81,82)/t44-,45+,46-,47+,48-,49-,50+,51+,52+,53+,56-/m1/s1. The molecule has 0 bridgehead atoms. The average molecular weight is 1300 g/mol. The Labute approximate surface area is 544 Å². The van der Waals surface area contributed by atoms with Crippen molar-refractivity contribution in [3.63, 3.8) is 0 Å². The van der Waals surface area contributed by atoms with Crippen LogP contribution >= 0.6 is 0 Å². The maximum atomic E-state index is 14.9. The number of fused-ring (bicyclic) bond motifs is 2. The summed E-state index contributed by atoms with van der Waals surface area (Å²) in [5.74, 6) is -11.7. The minimum Gasteiger partial charge on any atom is -0.481 e. The Balaban J connectivity index is 1.57. The van der Waals surface area contributed by atoms with Crippen LogP contribution in [0.15, 0.2) is 60.7 Å². The predicted molar refractivity (Wildman–Crippen MR) is 341 cm³/mol. The molecule has 2 aromatic carbocycles. The summed E-state index contributed by atoms with van der Waals surface area (Å²) in [6.45, 7) is 9.35. The van der Waals surface area contributed by atoms with Crippen LogP contribution in [0.1, 0.15) is 149 Å². The first-order valence-electron chi connectivity index (χ1n) is 32.8. The third-order valence-corrected chi connectivity index (χ3v) is 16.8. The second kappa shape index (κ2) is 38.2.